The molecular formula is C9H15N3O. The molecule has 0 saturated carbocycles. The number of hydrogen-bond donors (Lipinski definition) is 0. The summed E-state index contributed by atoms with van der Waals surface area (Å²) in [6, 6.07) is 0. The molecule has 0 bridgehead atoms. The Morgan fingerprint density at radius 1 is 1.31 bits per heavy atom. The molecule has 0 unspecified atom stereocenters. The van der Waals surface area contributed by atoms with E-state index in [4.69, 9.17) is 4.74 Å². The minimum atomic E-state index is 0.588. The van der Waals surface area contributed by atoms with Gasteiger partial charge in [-0.25, -0.2) is 4.98 Å². The van der Waals surface area contributed by atoms with Gasteiger partial charge >= 0.3 is 0 Å². The van der Waals surface area contributed by atoms with Crippen molar-refractivity contribution >= 4 is 0 Å². The third kappa shape index (κ3) is 3.38. The Morgan fingerprint density at radius 3 is 2.54 bits per heavy atom. The summed E-state index contributed by atoms with van der Waals surface area (Å²) in [5, 5.41) is 0. The summed E-state index contributed by atoms with van der Waals surface area (Å²) in [7, 11) is 4.00. The van der Waals surface area contributed by atoms with Crippen molar-refractivity contribution in [1.82, 2.24) is 14.9 Å². The molecule has 0 N–H and O–H groups in total. The van der Waals surface area contributed by atoms with Crippen LogP contribution in [0.15, 0.2) is 12.4 Å². The molecule has 0 atom stereocenters. The molecule has 13 heavy (non-hydrogen) atoms. The van der Waals surface area contributed by atoms with E-state index in [-0.39, 0.29) is 0 Å². The van der Waals surface area contributed by atoms with Gasteiger partial charge < -0.3 is 9.64 Å². The summed E-state index contributed by atoms with van der Waals surface area (Å²) in [6.45, 7) is 3.36. The van der Waals surface area contributed by atoms with E-state index in [0.717, 1.165) is 12.2 Å². The van der Waals surface area contributed by atoms with E-state index in [9.17, 15) is 0 Å². The van der Waals surface area contributed by atoms with Gasteiger partial charge in [-0.1, -0.05) is 0 Å². The van der Waals surface area contributed by atoms with Gasteiger partial charge in [0.15, 0.2) is 0 Å². The Bertz CT molecular complexity index is 246. The fourth-order valence-corrected chi connectivity index (χ4v) is 0.971. The van der Waals surface area contributed by atoms with Gasteiger partial charge in [-0.15, -0.1) is 0 Å². The molecule has 0 saturated heterocycles. The van der Waals surface area contributed by atoms with E-state index in [1.54, 1.807) is 12.4 Å². The van der Waals surface area contributed by atoms with Crippen molar-refractivity contribution in [3.8, 4) is 5.88 Å². The normalized spacial score (nSPS) is 10.5. The molecule has 0 aliphatic heterocycles. The first-order valence-electron chi connectivity index (χ1n) is 4.31. The Balaban J connectivity index is 2.59. The molecule has 0 aliphatic carbocycles. The van der Waals surface area contributed by atoms with Gasteiger partial charge in [0.25, 0.3) is 0 Å². The van der Waals surface area contributed by atoms with Crippen LogP contribution in [0.3, 0.4) is 0 Å². The molecule has 1 heterocycles. The zero-order chi connectivity index (χ0) is 9.68. The first-order chi connectivity index (χ1) is 6.22. The van der Waals surface area contributed by atoms with E-state index >= 15 is 0 Å². The van der Waals surface area contributed by atoms with Gasteiger partial charge in [-0.2, -0.15) is 0 Å². The summed E-state index contributed by atoms with van der Waals surface area (Å²) >= 11 is 0. The highest BCUT2D eigenvalue weighted by Gasteiger charge is 1.98. The SMILES string of the molecule is CCOc1cnc(CN(C)C)cn1. The molecule has 1 rings (SSSR count). The molecule has 0 fully saturated rings. The average molecular weight is 181 g/mol. The minimum absolute atomic E-state index is 0.588. The summed E-state index contributed by atoms with van der Waals surface area (Å²) in [6.07, 6.45) is 3.40. The molecular weight excluding hydrogens is 166 g/mol. The topological polar surface area (TPSA) is 38.2 Å². The van der Waals surface area contributed by atoms with E-state index < -0.39 is 0 Å². The lowest BCUT2D eigenvalue weighted by atomic mass is 10.4. The lowest BCUT2D eigenvalue weighted by molar-refractivity contribution is 0.323. The number of ether oxygens (including phenoxy) is 1. The maximum absolute atomic E-state index is 5.18. The van der Waals surface area contributed by atoms with Crippen LogP contribution in [0.1, 0.15) is 12.6 Å². The summed E-state index contributed by atoms with van der Waals surface area (Å²) in [4.78, 5) is 10.4. The van der Waals surface area contributed by atoms with Crippen molar-refractivity contribution in [2.75, 3.05) is 20.7 Å². The fourth-order valence-electron chi connectivity index (χ4n) is 0.971. The zero-order valence-electron chi connectivity index (χ0n) is 8.32. The Morgan fingerprint density at radius 2 is 2.08 bits per heavy atom. The highest BCUT2D eigenvalue weighted by Crippen LogP contribution is 2.04. The molecule has 1 aromatic rings. The van der Waals surface area contributed by atoms with E-state index in [0.29, 0.717) is 12.5 Å². The van der Waals surface area contributed by atoms with Crippen LogP contribution in [0.4, 0.5) is 0 Å². The van der Waals surface area contributed by atoms with E-state index in [1.807, 2.05) is 25.9 Å². The van der Waals surface area contributed by atoms with E-state index in [2.05, 4.69) is 9.97 Å². The van der Waals surface area contributed by atoms with Crippen LogP contribution in [0, 0.1) is 0 Å². The van der Waals surface area contributed by atoms with Crippen molar-refractivity contribution in [3.63, 3.8) is 0 Å². The third-order valence-electron chi connectivity index (χ3n) is 1.45. The Hall–Kier alpha value is -1.16. The van der Waals surface area contributed by atoms with Crippen molar-refractivity contribution < 1.29 is 4.74 Å². The van der Waals surface area contributed by atoms with Crippen LogP contribution >= 0.6 is 0 Å². The molecule has 0 radical (unpaired) electrons. The minimum Gasteiger partial charge on any atom is -0.477 e. The molecule has 72 valence electrons. The standard InChI is InChI=1S/C9H15N3O/c1-4-13-9-6-10-8(5-11-9)7-12(2)3/h5-6H,4,7H2,1-3H3. The van der Waals surface area contributed by atoms with E-state index in [1.165, 1.54) is 0 Å². The predicted octanol–water partition coefficient (Wildman–Crippen LogP) is 0.937. The van der Waals surface area contributed by atoms with Crippen LogP contribution in [0.25, 0.3) is 0 Å². The second kappa shape index (κ2) is 4.77. The number of hydrogen-bond acceptors (Lipinski definition) is 4. The number of aromatic nitrogens is 2. The van der Waals surface area contributed by atoms with Crippen LogP contribution in [0.2, 0.25) is 0 Å². The lowest BCUT2D eigenvalue weighted by Crippen LogP contribution is -2.12. The maximum atomic E-state index is 5.18. The van der Waals surface area contributed by atoms with Gasteiger partial charge in [-0.05, 0) is 21.0 Å². The first kappa shape index (κ1) is 9.92. The Kier molecular flexibility index (Phi) is 3.64. The first-order valence-corrected chi connectivity index (χ1v) is 4.31. The van der Waals surface area contributed by atoms with Crippen molar-refractivity contribution in [1.29, 1.82) is 0 Å². The van der Waals surface area contributed by atoms with Crippen LogP contribution in [-0.4, -0.2) is 35.6 Å². The predicted molar refractivity (Wildman–Crippen MR) is 50.6 cm³/mol. The molecule has 0 spiro atoms. The molecule has 4 heteroatoms. The summed E-state index contributed by atoms with van der Waals surface area (Å²) in [5.74, 6) is 0.588. The van der Waals surface area contributed by atoms with Gasteiger partial charge in [0.2, 0.25) is 5.88 Å². The quantitative estimate of drug-likeness (QED) is 0.692. The largest absolute Gasteiger partial charge is 0.477 e. The van der Waals surface area contributed by atoms with Crippen molar-refractivity contribution in [2.45, 2.75) is 13.5 Å². The second-order valence-corrected chi connectivity index (χ2v) is 3.02. The van der Waals surface area contributed by atoms with Crippen LogP contribution in [0.5, 0.6) is 5.88 Å². The smallest absolute Gasteiger partial charge is 0.232 e. The fraction of sp³-hybridized carbons (Fsp3) is 0.556. The van der Waals surface area contributed by atoms with Gasteiger partial charge in [0.1, 0.15) is 0 Å². The highest BCUT2D eigenvalue weighted by atomic mass is 16.5. The number of rotatable bonds is 4. The van der Waals surface area contributed by atoms with Gasteiger partial charge in [0, 0.05) is 6.54 Å². The van der Waals surface area contributed by atoms with Crippen LogP contribution in [-0.2, 0) is 6.54 Å². The lowest BCUT2D eigenvalue weighted by Gasteiger charge is -2.08. The Labute approximate surface area is 78.6 Å². The third-order valence-corrected chi connectivity index (χ3v) is 1.45. The number of nitrogens with zero attached hydrogens (tertiary/aromatic N) is 3. The maximum Gasteiger partial charge on any atom is 0.232 e. The zero-order valence-corrected chi connectivity index (χ0v) is 8.32. The van der Waals surface area contributed by atoms with Crippen molar-refractivity contribution in [3.05, 3.63) is 18.1 Å². The molecule has 0 amide bonds. The molecule has 0 aliphatic rings. The van der Waals surface area contributed by atoms with Crippen LogP contribution < -0.4 is 4.74 Å². The highest BCUT2D eigenvalue weighted by molar-refractivity contribution is 5.06. The van der Waals surface area contributed by atoms with Gasteiger partial charge in [0.05, 0.1) is 24.7 Å². The summed E-state index contributed by atoms with van der Waals surface area (Å²) < 4.78 is 5.18. The summed E-state index contributed by atoms with van der Waals surface area (Å²) in [5.41, 5.74) is 0.952. The van der Waals surface area contributed by atoms with Gasteiger partial charge in [-0.3, -0.25) is 4.98 Å². The molecule has 0 aromatic carbocycles. The molecule has 1 aromatic heterocycles. The molecule has 4 nitrogen and oxygen atoms in total. The second-order valence-electron chi connectivity index (χ2n) is 3.02. The monoisotopic (exact) mass is 181 g/mol. The van der Waals surface area contributed by atoms with Crippen molar-refractivity contribution in [2.24, 2.45) is 0 Å². The average Bonchev–Trinajstić information content (AvgIpc) is 2.08.